The van der Waals surface area contributed by atoms with Gasteiger partial charge >= 0.3 is 0 Å². The second-order valence-electron chi connectivity index (χ2n) is 5.23. The van der Waals surface area contributed by atoms with Crippen LogP contribution in [0.1, 0.15) is 15.2 Å². The van der Waals surface area contributed by atoms with Gasteiger partial charge in [-0.25, -0.2) is 4.39 Å². The summed E-state index contributed by atoms with van der Waals surface area (Å²) in [6.45, 7) is 0.284. The molecule has 0 aliphatic heterocycles. The van der Waals surface area contributed by atoms with E-state index in [-0.39, 0.29) is 22.9 Å². The number of fused-ring (bicyclic) bond motifs is 1. The zero-order chi connectivity index (χ0) is 18.0. The first-order valence-corrected chi connectivity index (χ1v) is 8.60. The normalized spacial score (nSPS) is 10.7. The molecule has 0 aliphatic rings. The first-order chi connectivity index (χ1) is 12.0. The second-order valence-corrected chi connectivity index (χ2v) is 6.66. The Labute approximate surface area is 153 Å². The van der Waals surface area contributed by atoms with Gasteiger partial charge in [-0.2, -0.15) is 0 Å². The molecule has 1 N–H and O–H groups in total. The number of carbonyl (C=O) groups excluding carboxylic acids is 1. The van der Waals surface area contributed by atoms with Gasteiger partial charge in [0.1, 0.15) is 10.7 Å². The van der Waals surface area contributed by atoms with Crippen molar-refractivity contribution >= 4 is 38.9 Å². The molecule has 25 heavy (non-hydrogen) atoms. The Morgan fingerprint density at radius 1 is 1.20 bits per heavy atom. The lowest BCUT2D eigenvalue weighted by molar-refractivity contribution is 0.0955. The minimum absolute atomic E-state index is 0.142. The average Bonchev–Trinajstić information content (AvgIpc) is 2.97. The van der Waals surface area contributed by atoms with Crippen LogP contribution in [0.2, 0.25) is 5.02 Å². The smallest absolute Gasteiger partial charge is 0.263 e. The zero-order valence-electron chi connectivity index (χ0n) is 13.6. The van der Waals surface area contributed by atoms with Crippen molar-refractivity contribution in [2.24, 2.45) is 0 Å². The van der Waals surface area contributed by atoms with Gasteiger partial charge < -0.3 is 14.8 Å². The number of hydrogen-bond donors (Lipinski definition) is 1. The van der Waals surface area contributed by atoms with E-state index in [1.165, 1.54) is 17.4 Å². The lowest BCUT2D eigenvalue weighted by Crippen LogP contribution is -2.22. The Morgan fingerprint density at radius 2 is 1.96 bits per heavy atom. The summed E-state index contributed by atoms with van der Waals surface area (Å²) in [6.07, 6.45) is 0. The van der Waals surface area contributed by atoms with Crippen LogP contribution < -0.4 is 14.8 Å². The van der Waals surface area contributed by atoms with Crippen LogP contribution in [0.3, 0.4) is 0 Å². The number of methoxy groups -OCH3 is 2. The quantitative estimate of drug-likeness (QED) is 0.702. The Bertz CT molecular complexity index is 941. The van der Waals surface area contributed by atoms with Crippen molar-refractivity contribution in [1.29, 1.82) is 0 Å². The molecule has 0 fully saturated rings. The molecule has 0 radical (unpaired) electrons. The summed E-state index contributed by atoms with van der Waals surface area (Å²) in [4.78, 5) is 12.7. The fraction of sp³-hybridized carbons (Fsp3) is 0.167. The molecule has 0 unspecified atom stereocenters. The van der Waals surface area contributed by atoms with Crippen LogP contribution in [0, 0.1) is 5.82 Å². The highest BCUT2D eigenvalue weighted by Gasteiger charge is 2.19. The Hall–Kier alpha value is -2.31. The predicted molar refractivity (Wildman–Crippen MR) is 97.5 cm³/mol. The number of thiophene rings is 1. The molecule has 0 aliphatic carbocycles. The standard InChI is InChI=1S/C18H15ClFNO3S/c1-23-12-7-6-10(8-13(12)24-2)9-21-18(22)17-16(19)15-11(20)4-3-5-14(15)25-17/h3-8H,9H2,1-2H3,(H,21,22). The highest BCUT2D eigenvalue weighted by Crippen LogP contribution is 2.36. The lowest BCUT2D eigenvalue weighted by atomic mass is 10.2. The van der Waals surface area contributed by atoms with Crippen molar-refractivity contribution in [3.8, 4) is 11.5 Å². The van der Waals surface area contributed by atoms with Crippen molar-refractivity contribution in [1.82, 2.24) is 5.32 Å². The van der Waals surface area contributed by atoms with Crippen LogP contribution in [0.5, 0.6) is 11.5 Å². The molecule has 0 spiro atoms. The van der Waals surface area contributed by atoms with Gasteiger partial charge in [-0.3, -0.25) is 4.79 Å². The third-order valence-electron chi connectivity index (χ3n) is 3.71. The summed E-state index contributed by atoms with van der Waals surface area (Å²) in [5, 5.41) is 3.22. The maximum atomic E-state index is 13.9. The first kappa shape index (κ1) is 17.5. The summed E-state index contributed by atoms with van der Waals surface area (Å²) in [5.41, 5.74) is 0.842. The molecule has 1 aromatic heterocycles. The van der Waals surface area contributed by atoms with Gasteiger partial charge in [-0.05, 0) is 29.8 Å². The van der Waals surface area contributed by atoms with Gasteiger partial charge in [0.15, 0.2) is 11.5 Å². The molecule has 1 heterocycles. The molecule has 0 bridgehead atoms. The summed E-state index contributed by atoms with van der Waals surface area (Å²) >= 11 is 7.37. The Balaban J connectivity index is 1.79. The van der Waals surface area contributed by atoms with Crippen molar-refractivity contribution in [2.75, 3.05) is 14.2 Å². The molecule has 1 amide bonds. The lowest BCUT2D eigenvalue weighted by Gasteiger charge is -2.10. The topological polar surface area (TPSA) is 47.6 Å². The molecular weight excluding hydrogens is 365 g/mol. The van der Waals surface area contributed by atoms with Crippen LogP contribution in [-0.4, -0.2) is 20.1 Å². The second kappa shape index (κ2) is 7.29. The van der Waals surface area contributed by atoms with Gasteiger partial charge in [-0.15, -0.1) is 11.3 Å². The third kappa shape index (κ3) is 3.41. The fourth-order valence-electron chi connectivity index (χ4n) is 2.47. The molecule has 0 saturated carbocycles. The molecular formula is C18H15ClFNO3S. The third-order valence-corrected chi connectivity index (χ3v) is 5.36. The summed E-state index contributed by atoms with van der Waals surface area (Å²) in [6, 6.07) is 10.0. The van der Waals surface area contributed by atoms with Crippen molar-refractivity contribution in [3.05, 3.63) is 57.7 Å². The predicted octanol–water partition coefficient (Wildman–Crippen LogP) is 4.64. The number of benzene rings is 2. The minimum atomic E-state index is -0.433. The molecule has 4 nitrogen and oxygen atoms in total. The summed E-state index contributed by atoms with van der Waals surface area (Å²) in [5.74, 6) is 0.412. The highest BCUT2D eigenvalue weighted by molar-refractivity contribution is 7.21. The number of amides is 1. The first-order valence-electron chi connectivity index (χ1n) is 7.40. The van der Waals surface area contributed by atoms with Crippen molar-refractivity contribution in [2.45, 2.75) is 6.54 Å². The molecule has 2 aromatic carbocycles. The van der Waals surface area contributed by atoms with E-state index in [1.807, 2.05) is 6.07 Å². The van der Waals surface area contributed by atoms with Crippen molar-refractivity contribution < 1.29 is 18.7 Å². The molecule has 0 saturated heterocycles. The molecule has 130 valence electrons. The average molecular weight is 380 g/mol. The van der Waals surface area contributed by atoms with E-state index >= 15 is 0 Å². The maximum Gasteiger partial charge on any atom is 0.263 e. The highest BCUT2D eigenvalue weighted by atomic mass is 35.5. The zero-order valence-corrected chi connectivity index (χ0v) is 15.1. The summed E-state index contributed by atoms with van der Waals surface area (Å²) in [7, 11) is 3.10. The van der Waals surface area contributed by atoms with Crippen LogP contribution >= 0.6 is 22.9 Å². The minimum Gasteiger partial charge on any atom is -0.493 e. The number of carbonyl (C=O) groups is 1. The largest absolute Gasteiger partial charge is 0.493 e. The van der Waals surface area contributed by atoms with Crippen LogP contribution in [-0.2, 0) is 6.54 Å². The van der Waals surface area contributed by atoms with E-state index < -0.39 is 5.82 Å². The molecule has 3 aromatic rings. The Kier molecular flexibility index (Phi) is 5.11. The van der Waals surface area contributed by atoms with Crippen LogP contribution in [0.4, 0.5) is 4.39 Å². The van der Waals surface area contributed by atoms with Crippen molar-refractivity contribution in [3.63, 3.8) is 0 Å². The van der Waals surface area contributed by atoms with E-state index in [0.717, 1.165) is 5.56 Å². The molecule has 0 atom stereocenters. The van der Waals surface area contributed by atoms with Gasteiger partial charge in [0.25, 0.3) is 5.91 Å². The monoisotopic (exact) mass is 379 g/mol. The fourth-order valence-corrected chi connectivity index (χ4v) is 3.94. The number of halogens is 2. The van der Waals surface area contributed by atoms with Gasteiger partial charge in [0.05, 0.1) is 19.2 Å². The number of ether oxygens (including phenoxy) is 2. The van der Waals surface area contributed by atoms with Gasteiger partial charge in [0, 0.05) is 16.6 Å². The van der Waals surface area contributed by atoms with Crippen LogP contribution in [0.15, 0.2) is 36.4 Å². The van der Waals surface area contributed by atoms with Gasteiger partial charge in [0.2, 0.25) is 0 Å². The van der Waals surface area contributed by atoms with Gasteiger partial charge in [-0.1, -0.05) is 23.7 Å². The van der Waals surface area contributed by atoms with E-state index in [4.69, 9.17) is 21.1 Å². The molecule has 3 rings (SSSR count). The number of rotatable bonds is 5. The van der Waals surface area contributed by atoms with E-state index in [0.29, 0.717) is 21.1 Å². The molecule has 7 heteroatoms. The van der Waals surface area contributed by atoms with E-state index in [1.54, 1.807) is 38.5 Å². The maximum absolute atomic E-state index is 13.9. The Morgan fingerprint density at radius 3 is 2.64 bits per heavy atom. The number of nitrogens with one attached hydrogen (secondary N) is 1. The number of hydrogen-bond acceptors (Lipinski definition) is 4. The van der Waals surface area contributed by atoms with E-state index in [9.17, 15) is 9.18 Å². The SMILES string of the molecule is COc1ccc(CNC(=O)c2sc3cccc(F)c3c2Cl)cc1OC. The van der Waals surface area contributed by atoms with Crippen LogP contribution in [0.25, 0.3) is 10.1 Å². The summed E-state index contributed by atoms with van der Waals surface area (Å²) < 4.78 is 25.0. The van der Waals surface area contributed by atoms with E-state index in [2.05, 4.69) is 5.32 Å².